The summed E-state index contributed by atoms with van der Waals surface area (Å²) in [4.78, 5) is 2.40. The minimum atomic E-state index is 0.179. The van der Waals surface area contributed by atoms with Gasteiger partial charge in [-0.05, 0) is 17.9 Å². The van der Waals surface area contributed by atoms with Crippen LogP contribution in [0.3, 0.4) is 0 Å². The van der Waals surface area contributed by atoms with E-state index in [0.717, 1.165) is 32.7 Å². The van der Waals surface area contributed by atoms with E-state index in [2.05, 4.69) is 43.0 Å². The highest BCUT2D eigenvalue weighted by molar-refractivity contribution is 5.15. The quantitative estimate of drug-likeness (QED) is 0.743. The highest BCUT2D eigenvalue weighted by Crippen LogP contribution is 2.05. The monoisotopic (exact) mass is 264 g/mol. The first-order valence-electron chi connectivity index (χ1n) is 7.12. The van der Waals surface area contributed by atoms with Crippen LogP contribution in [0.2, 0.25) is 0 Å². The van der Waals surface area contributed by atoms with Crippen molar-refractivity contribution in [3.05, 3.63) is 35.9 Å². The molecule has 0 saturated heterocycles. The highest BCUT2D eigenvalue weighted by atomic mass is 16.5. The van der Waals surface area contributed by atoms with Crippen molar-refractivity contribution in [1.82, 2.24) is 4.90 Å². The van der Waals surface area contributed by atoms with E-state index in [1.807, 2.05) is 6.07 Å². The SMILES string of the molecule is COCCN(CC(C)C)CC(N)Cc1ccccc1. The lowest BCUT2D eigenvalue weighted by atomic mass is 10.1. The van der Waals surface area contributed by atoms with E-state index in [4.69, 9.17) is 10.5 Å². The zero-order valence-corrected chi connectivity index (χ0v) is 12.5. The fourth-order valence-electron chi connectivity index (χ4n) is 2.31. The van der Waals surface area contributed by atoms with Gasteiger partial charge in [0.25, 0.3) is 0 Å². The lowest BCUT2D eigenvalue weighted by molar-refractivity contribution is 0.136. The topological polar surface area (TPSA) is 38.5 Å². The summed E-state index contributed by atoms with van der Waals surface area (Å²) in [5, 5.41) is 0. The van der Waals surface area contributed by atoms with Crippen LogP contribution in [0.4, 0.5) is 0 Å². The standard InChI is InChI=1S/C16H28N2O/c1-14(2)12-18(9-10-19-3)13-16(17)11-15-7-5-4-6-8-15/h4-8,14,16H,9-13,17H2,1-3H3. The second-order valence-corrected chi connectivity index (χ2v) is 5.60. The minimum absolute atomic E-state index is 0.179. The van der Waals surface area contributed by atoms with Crippen LogP contribution in [-0.4, -0.2) is 44.3 Å². The molecule has 0 aromatic heterocycles. The third-order valence-electron chi connectivity index (χ3n) is 3.07. The summed E-state index contributed by atoms with van der Waals surface area (Å²) in [5.41, 5.74) is 7.58. The van der Waals surface area contributed by atoms with Gasteiger partial charge in [-0.2, -0.15) is 0 Å². The Morgan fingerprint density at radius 2 is 1.84 bits per heavy atom. The molecule has 0 radical (unpaired) electrons. The van der Waals surface area contributed by atoms with Crippen LogP contribution in [-0.2, 0) is 11.2 Å². The Morgan fingerprint density at radius 3 is 2.42 bits per heavy atom. The average molecular weight is 264 g/mol. The van der Waals surface area contributed by atoms with Crippen LogP contribution < -0.4 is 5.73 Å². The number of ether oxygens (including phenoxy) is 1. The fourth-order valence-corrected chi connectivity index (χ4v) is 2.31. The van der Waals surface area contributed by atoms with Gasteiger partial charge in [-0.15, -0.1) is 0 Å². The molecule has 0 bridgehead atoms. The van der Waals surface area contributed by atoms with Crippen molar-refractivity contribution in [1.29, 1.82) is 0 Å². The number of hydrogen-bond acceptors (Lipinski definition) is 3. The molecule has 1 unspecified atom stereocenters. The summed E-state index contributed by atoms with van der Waals surface area (Å²) in [5.74, 6) is 0.654. The fraction of sp³-hybridized carbons (Fsp3) is 0.625. The minimum Gasteiger partial charge on any atom is -0.383 e. The molecule has 0 aliphatic rings. The van der Waals surface area contributed by atoms with Gasteiger partial charge in [0.05, 0.1) is 6.61 Å². The molecule has 3 heteroatoms. The van der Waals surface area contributed by atoms with Crippen LogP contribution in [0.5, 0.6) is 0 Å². The molecule has 0 heterocycles. The Balaban J connectivity index is 2.43. The normalized spacial score (nSPS) is 13.2. The zero-order valence-electron chi connectivity index (χ0n) is 12.5. The van der Waals surface area contributed by atoms with E-state index < -0.39 is 0 Å². The predicted molar refractivity (Wildman–Crippen MR) is 81.3 cm³/mol. The van der Waals surface area contributed by atoms with Gasteiger partial charge in [0, 0.05) is 32.8 Å². The number of hydrogen-bond donors (Lipinski definition) is 1. The van der Waals surface area contributed by atoms with Crippen molar-refractivity contribution in [2.75, 3.05) is 33.4 Å². The molecule has 1 aromatic rings. The Labute approximate surface area is 117 Å². The first kappa shape index (κ1) is 16.2. The Morgan fingerprint density at radius 1 is 1.16 bits per heavy atom. The van der Waals surface area contributed by atoms with E-state index in [-0.39, 0.29) is 6.04 Å². The molecule has 1 aromatic carbocycles. The maximum absolute atomic E-state index is 6.27. The number of rotatable bonds is 9. The van der Waals surface area contributed by atoms with Crippen LogP contribution >= 0.6 is 0 Å². The Kier molecular flexibility index (Phi) is 7.72. The second-order valence-electron chi connectivity index (χ2n) is 5.60. The molecule has 0 aliphatic carbocycles. The van der Waals surface area contributed by atoms with Crippen molar-refractivity contribution in [2.24, 2.45) is 11.7 Å². The molecule has 1 atom stereocenters. The number of nitrogens with two attached hydrogens (primary N) is 1. The second kappa shape index (κ2) is 9.08. The Hall–Kier alpha value is -0.900. The molecule has 2 N–H and O–H groups in total. The maximum atomic E-state index is 6.27. The molecular weight excluding hydrogens is 236 g/mol. The van der Waals surface area contributed by atoms with Crippen molar-refractivity contribution in [3.8, 4) is 0 Å². The van der Waals surface area contributed by atoms with E-state index in [0.29, 0.717) is 5.92 Å². The first-order valence-corrected chi connectivity index (χ1v) is 7.12. The lowest BCUT2D eigenvalue weighted by Crippen LogP contribution is -2.42. The maximum Gasteiger partial charge on any atom is 0.0589 e. The van der Waals surface area contributed by atoms with Crippen LogP contribution in [0.15, 0.2) is 30.3 Å². The summed E-state index contributed by atoms with van der Waals surface area (Å²) in [6, 6.07) is 10.6. The van der Waals surface area contributed by atoms with Gasteiger partial charge in [-0.3, -0.25) is 4.90 Å². The van der Waals surface area contributed by atoms with Crippen LogP contribution in [0.1, 0.15) is 19.4 Å². The molecular formula is C16H28N2O. The van der Waals surface area contributed by atoms with Gasteiger partial charge >= 0.3 is 0 Å². The van der Waals surface area contributed by atoms with Gasteiger partial charge in [-0.25, -0.2) is 0 Å². The molecule has 0 fully saturated rings. The van der Waals surface area contributed by atoms with Gasteiger partial charge < -0.3 is 10.5 Å². The molecule has 1 rings (SSSR count). The smallest absolute Gasteiger partial charge is 0.0589 e. The largest absolute Gasteiger partial charge is 0.383 e. The zero-order chi connectivity index (χ0) is 14.1. The third-order valence-corrected chi connectivity index (χ3v) is 3.07. The molecule has 0 aliphatic heterocycles. The first-order chi connectivity index (χ1) is 9.11. The van der Waals surface area contributed by atoms with Gasteiger partial charge in [-0.1, -0.05) is 44.2 Å². The summed E-state index contributed by atoms with van der Waals surface area (Å²) in [7, 11) is 1.75. The van der Waals surface area contributed by atoms with Crippen molar-refractivity contribution in [2.45, 2.75) is 26.3 Å². The van der Waals surface area contributed by atoms with Crippen molar-refractivity contribution in [3.63, 3.8) is 0 Å². The van der Waals surface area contributed by atoms with Crippen molar-refractivity contribution >= 4 is 0 Å². The van der Waals surface area contributed by atoms with Gasteiger partial charge in [0.15, 0.2) is 0 Å². The van der Waals surface area contributed by atoms with E-state index in [1.54, 1.807) is 7.11 Å². The van der Waals surface area contributed by atoms with E-state index >= 15 is 0 Å². The molecule has 0 saturated carbocycles. The molecule has 19 heavy (non-hydrogen) atoms. The molecule has 0 amide bonds. The molecule has 0 spiro atoms. The van der Waals surface area contributed by atoms with Crippen LogP contribution in [0, 0.1) is 5.92 Å². The van der Waals surface area contributed by atoms with Crippen LogP contribution in [0.25, 0.3) is 0 Å². The van der Waals surface area contributed by atoms with E-state index in [9.17, 15) is 0 Å². The number of nitrogens with zero attached hydrogens (tertiary/aromatic N) is 1. The Bertz CT molecular complexity index is 327. The predicted octanol–water partition coefficient (Wildman–Crippen LogP) is 2.16. The summed E-state index contributed by atoms with van der Waals surface area (Å²) >= 11 is 0. The molecule has 3 nitrogen and oxygen atoms in total. The number of benzene rings is 1. The third kappa shape index (κ3) is 7.31. The van der Waals surface area contributed by atoms with Gasteiger partial charge in [0.1, 0.15) is 0 Å². The lowest BCUT2D eigenvalue weighted by Gasteiger charge is -2.27. The van der Waals surface area contributed by atoms with Gasteiger partial charge in [0.2, 0.25) is 0 Å². The number of methoxy groups -OCH3 is 1. The summed E-state index contributed by atoms with van der Waals surface area (Å²) < 4.78 is 5.17. The highest BCUT2D eigenvalue weighted by Gasteiger charge is 2.12. The molecule has 108 valence electrons. The summed E-state index contributed by atoms with van der Waals surface area (Å²) in [6.45, 7) is 8.20. The van der Waals surface area contributed by atoms with Crippen molar-refractivity contribution < 1.29 is 4.74 Å². The average Bonchev–Trinajstić information content (AvgIpc) is 2.36. The van der Waals surface area contributed by atoms with E-state index in [1.165, 1.54) is 5.56 Å². The summed E-state index contributed by atoms with van der Waals surface area (Å²) in [6.07, 6.45) is 0.933.